The molecule has 3 rings (SSSR count). The standard InChI is InChI=1S/C24H28Si2/c1-5-25(3,21-13-9-7-10-14-21)23-17-19-24(20-18-23)26(4,6-2)22-15-11-8-12-16-22/h5-20,23-24H,1-2H2,3-4H3. The van der Waals surface area contributed by atoms with E-state index in [0.717, 1.165) is 0 Å². The Morgan fingerprint density at radius 3 is 1.19 bits per heavy atom. The average molecular weight is 373 g/mol. The minimum atomic E-state index is -1.80. The first-order valence-corrected chi connectivity index (χ1v) is 14.6. The quantitative estimate of drug-likeness (QED) is 0.478. The Morgan fingerprint density at radius 1 is 0.615 bits per heavy atom. The Bertz CT molecular complexity index is 738. The fraction of sp³-hybridized carbons (Fsp3) is 0.167. The van der Waals surface area contributed by atoms with Gasteiger partial charge < -0.3 is 0 Å². The summed E-state index contributed by atoms with van der Waals surface area (Å²) >= 11 is 0. The van der Waals surface area contributed by atoms with E-state index in [4.69, 9.17) is 0 Å². The van der Waals surface area contributed by atoms with Crippen LogP contribution in [0.1, 0.15) is 0 Å². The predicted molar refractivity (Wildman–Crippen MR) is 122 cm³/mol. The van der Waals surface area contributed by atoms with Crippen molar-refractivity contribution >= 4 is 26.5 Å². The molecule has 0 saturated heterocycles. The van der Waals surface area contributed by atoms with Crippen molar-refractivity contribution in [2.45, 2.75) is 24.2 Å². The van der Waals surface area contributed by atoms with Crippen LogP contribution in [-0.4, -0.2) is 16.1 Å². The highest BCUT2D eigenvalue weighted by atomic mass is 28.3. The van der Waals surface area contributed by atoms with Crippen LogP contribution >= 0.6 is 0 Å². The van der Waals surface area contributed by atoms with Gasteiger partial charge in [-0.3, -0.25) is 0 Å². The molecular formula is C24H28Si2. The van der Waals surface area contributed by atoms with Crippen molar-refractivity contribution in [3.05, 3.63) is 110 Å². The second kappa shape index (κ2) is 7.60. The van der Waals surface area contributed by atoms with E-state index < -0.39 is 16.1 Å². The van der Waals surface area contributed by atoms with Gasteiger partial charge in [0.05, 0.1) is 0 Å². The lowest BCUT2D eigenvalue weighted by Crippen LogP contribution is -2.49. The molecule has 0 amide bonds. The maximum atomic E-state index is 4.20. The molecule has 0 spiro atoms. The number of rotatable bonds is 6. The Kier molecular flexibility index (Phi) is 5.45. The third-order valence-corrected chi connectivity index (χ3v) is 14.5. The molecule has 0 saturated carbocycles. The lowest BCUT2D eigenvalue weighted by atomic mass is 10.2. The first kappa shape index (κ1) is 18.6. The topological polar surface area (TPSA) is 0 Å². The van der Waals surface area contributed by atoms with Crippen molar-refractivity contribution in [2.75, 3.05) is 0 Å². The van der Waals surface area contributed by atoms with Crippen LogP contribution < -0.4 is 10.4 Å². The molecule has 2 unspecified atom stereocenters. The summed E-state index contributed by atoms with van der Waals surface area (Å²) in [4.78, 5) is 0. The van der Waals surface area contributed by atoms with Crippen molar-refractivity contribution in [2.24, 2.45) is 0 Å². The minimum absolute atomic E-state index is 0.456. The molecule has 0 radical (unpaired) electrons. The van der Waals surface area contributed by atoms with Crippen molar-refractivity contribution in [1.82, 2.24) is 0 Å². The molecule has 1 aliphatic carbocycles. The smallest absolute Gasteiger partial charge is 0.107 e. The third-order valence-electron chi connectivity index (χ3n) is 6.08. The van der Waals surface area contributed by atoms with E-state index in [1.54, 1.807) is 0 Å². The molecule has 0 nitrogen and oxygen atoms in total. The van der Waals surface area contributed by atoms with Gasteiger partial charge in [0, 0.05) is 0 Å². The zero-order chi connectivity index (χ0) is 18.6. The fourth-order valence-electron chi connectivity index (χ4n) is 3.89. The van der Waals surface area contributed by atoms with Gasteiger partial charge in [-0.25, -0.2) is 0 Å². The molecule has 0 aliphatic heterocycles. The van der Waals surface area contributed by atoms with Crippen LogP contribution in [0.5, 0.6) is 0 Å². The highest BCUT2D eigenvalue weighted by Gasteiger charge is 2.38. The largest absolute Gasteiger partial charge is 0.117 e. The number of hydrogen-bond acceptors (Lipinski definition) is 0. The number of hydrogen-bond donors (Lipinski definition) is 0. The summed E-state index contributed by atoms with van der Waals surface area (Å²) in [7, 11) is -3.59. The SMILES string of the molecule is C=C[Si](C)(c1ccccc1)C1C=CC([Si](C)(C=C)c2ccccc2)C=C1. The zero-order valence-corrected chi connectivity index (χ0v) is 17.8. The normalized spacial score (nSPS) is 23.6. The molecule has 0 aromatic heterocycles. The van der Waals surface area contributed by atoms with Crippen LogP contribution in [0.3, 0.4) is 0 Å². The van der Waals surface area contributed by atoms with Crippen molar-refractivity contribution in [3.63, 3.8) is 0 Å². The van der Waals surface area contributed by atoms with Crippen LogP contribution in [0.15, 0.2) is 110 Å². The molecule has 2 aromatic rings. The molecule has 0 N–H and O–H groups in total. The molecule has 2 atom stereocenters. The molecule has 2 aromatic carbocycles. The minimum Gasteiger partial charge on any atom is -0.107 e. The Hall–Kier alpha value is -2.17. The van der Waals surface area contributed by atoms with Gasteiger partial charge in [-0.2, -0.15) is 0 Å². The van der Waals surface area contributed by atoms with Crippen molar-refractivity contribution < 1.29 is 0 Å². The van der Waals surface area contributed by atoms with Gasteiger partial charge in [0.25, 0.3) is 0 Å². The molecule has 0 heterocycles. The van der Waals surface area contributed by atoms with Crippen molar-refractivity contribution in [3.8, 4) is 0 Å². The first-order chi connectivity index (χ1) is 12.5. The summed E-state index contributed by atoms with van der Waals surface area (Å²) in [5.41, 5.74) is 5.36. The summed E-state index contributed by atoms with van der Waals surface area (Å²) in [5.74, 6) is 0. The second-order valence-electron chi connectivity index (χ2n) is 7.53. The predicted octanol–water partition coefficient (Wildman–Crippen LogP) is 5.27. The summed E-state index contributed by atoms with van der Waals surface area (Å²) in [6.07, 6.45) is 9.74. The van der Waals surface area contributed by atoms with Gasteiger partial charge in [0.1, 0.15) is 16.1 Å². The van der Waals surface area contributed by atoms with Gasteiger partial charge in [0.2, 0.25) is 0 Å². The van der Waals surface area contributed by atoms with Gasteiger partial charge in [-0.15, -0.1) is 13.2 Å². The summed E-state index contributed by atoms with van der Waals surface area (Å²) in [6, 6.07) is 21.8. The van der Waals surface area contributed by atoms with Gasteiger partial charge in [-0.05, 0) is 11.1 Å². The van der Waals surface area contributed by atoms with E-state index in [1.807, 2.05) is 0 Å². The number of allylic oxidation sites excluding steroid dienone is 4. The summed E-state index contributed by atoms with van der Waals surface area (Å²) in [5, 5.41) is 2.89. The number of benzene rings is 2. The molecule has 2 heteroatoms. The van der Waals surface area contributed by atoms with E-state index in [-0.39, 0.29) is 0 Å². The van der Waals surface area contributed by atoms with Gasteiger partial charge >= 0.3 is 0 Å². The summed E-state index contributed by atoms with van der Waals surface area (Å²) in [6.45, 7) is 13.2. The Labute approximate surface area is 160 Å². The van der Waals surface area contributed by atoms with Crippen LogP contribution in [0.4, 0.5) is 0 Å². The molecule has 26 heavy (non-hydrogen) atoms. The molecule has 1 aliphatic rings. The monoisotopic (exact) mass is 372 g/mol. The molecular weight excluding hydrogens is 344 g/mol. The van der Waals surface area contributed by atoms with E-state index in [1.165, 1.54) is 10.4 Å². The van der Waals surface area contributed by atoms with Crippen molar-refractivity contribution in [1.29, 1.82) is 0 Å². The van der Waals surface area contributed by atoms with Crippen LogP contribution in [-0.2, 0) is 0 Å². The Balaban J connectivity index is 1.90. The highest BCUT2D eigenvalue weighted by Crippen LogP contribution is 2.36. The second-order valence-corrected chi connectivity index (χ2v) is 16.0. The average Bonchev–Trinajstić information content (AvgIpc) is 2.74. The van der Waals surface area contributed by atoms with E-state index >= 15 is 0 Å². The van der Waals surface area contributed by atoms with E-state index in [0.29, 0.717) is 11.1 Å². The van der Waals surface area contributed by atoms with Gasteiger partial charge in [0.15, 0.2) is 0 Å². The molecule has 132 valence electrons. The fourth-order valence-corrected chi connectivity index (χ4v) is 9.54. The summed E-state index contributed by atoms with van der Waals surface area (Å²) < 4.78 is 0. The first-order valence-electron chi connectivity index (χ1n) is 9.29. The lowest BCUT2D eigenvalue weighted by molar-refractivity contribution is 1.15. The third kappa shape index (κ3) is 3.27. The van der Waals surface area contributed by atoms with Crippen LogP contribution in [0.2, 0.25) is 24.2 Å². The molecule has 0 fully saturated rings. The van der Waals surface area contributed by atoms with E-state index in [9.17, 15) is 0 Å². The zero-order valence-electron chi connectivity index (χ0n) is 15.8. The van der Waals surface area contributed by atoms with Crippen LogP contribution in [0.25, 0.3) is 0 Å². The van der Waals surface area contributed by atoms with E-state index in [2.05, 4.69) is 123 Å². The Morgan fingerprint density at radius 2 is 0.923 bits per heavy atom. The molecule has 0 bridgehead atoms. The van der Waals surface area contributed by atoms with Gasteiger partial charge in [-0.1, -0.05) is 120 Å². The lowest BCUT2D eigenvalue weighted by Gasteiger charge is -2.36. The maximum absolute atomic E-state index is 4.20. The highest BCUT2D eigenvalue weighted by molar-refractivity contribution is 6.97. The maximum Gasteiger partial charge on any atom is 0.117 e. The van der Waals surface area contributed by atoms with Crippen LogP contribution in [0, 0.1) is 0 Å².